The zero-order valence-electron chi connectivity index (χ0n) is 9.38. The number of carboxylic acid groups (broad SMARTS) is 1. The largest absolute Gasteiger partial charge is 0.481 e. The number of carbonyl (C=O) groups excluding carboxylic acids is 1. The zero-order valence-corrected chi connectivity index (χ0v) is 9.38. The first-order valence-corrected chi connectivity index (χ1v) is 5.25. The van der Waals surface area contributed by atoms with Gasteiger partial charge >= 0.3 is 5.97 Å². The van der Waals surface area contributed by atoms with Gasteiger partial charge in [-0.3, -0.25) is 9.59 Å². The van der Waals surface area contributed by atoms with Crippen LogP contribution in [0.3, 0.4) is 0 Å². The van der Waals surface area contributed by atoms with E-state index in [0.29, 0.717) is 19.4 Å². The average Bonchev–Trinajstić information content (AvgIpc) is 2.14. The molecule has 0 aliphatic heterocycles. The predicted octanol–water partition coefficient (Wildman–Crippen LogP) is 0.356. The van der Waals surface area contributed by atoms with Gasteiger partial charge in [-0.25, -0.2) is 0 Å². The van der Waals surface area contributed by atoms with E-state index in [0.717, 1.165) is 6.42 Å². The van der Waals surface area contributed by atoms with Gasteiger partial charge in [0.25, 0.3) is 0 Å². The Balaban J connectivity index is 3.92. The van der Waals surface area contributed by atoms with E-state index in [2.05, 4.69) is 10.6 Å². The van der Waals surface area contributed by atoms with Crippen molar-refractivity contribution in [1.82, 2.24) is 10.6 Å². The third-order valence-electron chi connectivity index (χ3n) is 2.03. The van der Waals surface area contributed by atoms with Crippen molar-refractivity contribution in [2.45, 2.75) is 38.6 Å². The van der Waals surface area contributed by atoms with Crippen LogP contribution in [0.2, 0.25) is 0 Å². The lowest BCUT2D eigenvalue weighted by Gasteiger charge is -2.15. The summed E-state index contributed by atoms with van der Waals surface area (Å²) in [7, 11) is 1.77. The fourth-order valence-electron chi connectivity index (χ4n) is 1.32. The van der Waals surface area contributed by atoms with Crippen LogP contribution >= 0.6 is 0 Å². The number of amides is 1. The molecule has 0 aromatic heterocycles. The maximum Gasteiger partial charge on any atom is 0.305 e. The third-order valence-corrected chi connectivity index (χ3v) is 2.03. The molecule has 15 heavy (non-hydrogen) atoms. The summed E-state index contributed by atoms with van der Waals surface area (Å²) in [5.74, 6) is -0.966. The number of carbonyl (C=O) groups is 2. The molecule has 0 rings (SSSR count). The number of carboxylic acids is 1. The van der Waals surface area contributed by atoms with Gasteiger partial charge in [0.1, 0.15) is 0 Å². The molecule has 0 spiro atoms. The minimum absolute atomic E-state index is 0.000860. The fraction of sp³-hybridized carbons (Fsp3) is 0.800. The normalized spacial score (nSPS) is 12.1. The molecule has 0 heterocycles. The summed E-state index contributed by atoms with van der Waals surface area (Å²) in [5.41, 5.74) is 0. The van der Waals surface area contributed by atoms with Crippen LogP contribution in [0.25, 0.3) is 0 Å². The second kappa shape index (κ2) is 8.23. The van der Waals surface area contributed by atoms with E-state index in [4.69, 9.17) is 5.11 Å². The van der Waals surface area contributed by atoms with E-state index in [-0.39, 0.29) is 18.4 Å². The quantitative estimate of drug-likeness (QED) is 0.547. The van der Waals surface area contributed by atoms with E-state index in [1.807, 2.05) is 6.92 Å². The highest BCUT2D eigenvalue weighted by atomic mass is 16.4. The highest BCUT2D eigenvalue weighted by Gasteiger charge is 2.14. The third kappa shape index (κ3) is 7.93. The Morgan fingerprint density at radius 2 is 2.07 bits per heavy atom. The molecule has 88 valence electrons. The van der Waals surface area contributed by atoms with Gasteiger partial charge in [0.15, 0.2) is 0 Å². The second-order valence-electron chi connectivity index (χ2n) is 3.50. The van der Waals surface area contributed by atoms with E-state index in [9.17, 15) is 9.59 Å². The Hall–Kier alpha value is -1.10. The number of aliphatic carboxylic acids is 1. The first kappa shape index (κ1) is 13.9. The monoisotopic (exact) mass is 216 g/mol. The molecule has 0 aliphatic rings. The molecule has 1 unspecified atom stereocenters. The van der Waals surface area contributed by atoms with Crippen molar-refractivity contribution in [3.63, 3.8) is 0 Å². The molecule has 0 bridgehead atoms. The number of nitrogens with one attached hydrogen (secondary N) is 2. The number of rotatable bonds is 8. The van der Waals surface area contributed by atoms with Crippen molar-refractivity contribution in [3.05, 3.63) is 0 Å². The minimum Gasteiger partial charge on any atom is -0.481 e. The van der Waals surface area contributed by atoms with Crippen LogP contribution in [-0.4, -0.2) is 36.6 Å². The first-order valence-electron chi connectivity index (χ1n) is 5.25. The zero-order chi connectivity index (χ0) is 11.7. The fourth-order valence-corrected chi connectivity index (χ4v) is 1.32. The van der Waals surface area contributed by atoms with Crippen molar-refractivity contribution in [2.75, 3.05) is 13.6 Å². The highest BCUT2D eigenvalue weighted by molar-refractivity contribution is 5.77. The maximum atomic E-state index is 11.3. The molecular weight excluding hydrogens is 196 g/mol. The maximum absolute atomic E-state index is 11.3. The molecule has 0 saturated carbocycles. The molecule has 0 aromatic carbocycles. The average molecular weight is 216 g/mol. The summed E-state index contributed by atoms with van der Waals surface area (Å²) in [6.45, 7) is 2.58. The first-order chi connectivity index (χ1) is 7.10. The van der Waals surface area contributed by atoms with Gasteiger partial charge in [-0.15, -0.1) is 0 Å². The standard InChI is InChI=1S/C10H20N2O3/c1-3-4-8(7-10(14)15)12-9(13)5-6-11-2/h8,11H,3-7H2,1-2H3,(H,12,13)(H,14,15). The summed E-state index contributed by atoms with van der Waals surface area (Å²) in [4.78, 5) is 21.8. The molecular formula is C10H20N2O3. The summed E-state index contributed by atoms with van der Waals surface area (Å²) in [6.07, 6.45) is 1.96. The molecule has 0 saturated heterocycles. The summed E-state index contributed by atoms with van der Waals surface area (Å²) >= 11 is 0. The van der Waals surface area contributed by atoms with Gasteiger partial charge in [0, 0.05) is 19.0 Å². The Kier molecular flexibility index (Phi) is 7.62. The van der Waals surface area contributed by atoms with Crippen molar-refractivity contribution in [2.24, 2.45) is 0 Å². The predicted molar refractivity (Wildman–Crippen MR) is 57.6 cm³/mol. The van der Waals surface area contributed by atoms with E-state index in [1.54, 1.807) is 7.05 Å². The van der Waals surface area contributed by atoms with Crippen molar-refractivity contribution in [3.8, 4) is 0 Å². The van der Waals surface area contributed by atoms with Gasteiger partial charge < -0.3 is 15.7 Å². The Morgan fingerprint density at radius 3 is 2.53 bits per heavy atom. The number of hydrogen-bond donors (Lipinski definition) is 3. The Labute approximate surface area is 90.2 Å². The molecule has 5 nitrogen and oxygen atoms in total. The smallest absolute Gasteiger partial charge is 0.305 e. The molecule has 0 fully saturated rings. The van der Waals surface area contributed by atoms with Crippen molar-refractivity contribution < 1.29 is 14.7 Å². The lowest BCUT2D eigenvalue weighted by Crippen LogP contribution is -2.37. The Morgan fingerprint density at radius 1 is 1.40 bits per heavy atom. The molecule has 0 radical (unpaired) electrons. The molecule has 1 atom stereocenters. The van der Waals surface area contributed by atoms with E-state index in [1.165, 1.54) is 0 Å². The van der Waals surface area contributed by atoms with Gasteiger partial charge in [-0.05, 0) is 13.5 Å². The SMILES string of the molecule is CCCC(CC(=O)O)NC(=O)CCNC. The molecule has 0 aliphatic carbocycles. The Bertz CT molecular complexity index is 207. The molecule has 0 aromatic rings. The van der Waals surface area contributed by atoms with Crippen LogP contribution in [0.15, 0.2) is 0 Å². The van der Waals surface area contributed by atoms with Crippen LogP contribution in [0, 0.1) is 0 Å². The van der Waals surface area contributed by atoms with Gasteiger partial charge in [0.2, 0.25) is 5.91 Å². The van der Waals surface area contributed by atoms with Crippen molar-refractivity contribution >= 4 is 11.9 Å². The lowest BCUT2D eigenvalue weighted by atomic mass is 10.1. The molecule has 3 N–H and O–H groups in total. The lowest BCUT2D eigenvalue weighted by molar-refractivity contribution is -0.137. The van der Waals surface area contributed by atoms with Gasteiger partial charge in [0.05, 0.1) is 6.42 Å². The van der Waals surface area contributed by atoms with Crippen LogP contribution in [-0.2, 0) is 9.59 Å². The van der Waals surface area contributed by atoms with E-state index < -0.39 is 5.97 Å². The van der Waals surface area contributed by atoms with Gasteiger partial charge in [-0.2, -0.15) is 0 Å². The van der Waals surface area contributed by atoms with Crippen LogP contribution in [0.5, 0.6) is 0 Å². The van der Waals surface area contributed by atoms with Crippen LogP contribution in [0.4, 0.5) is 0 Å². The summed E-state index contributed by atoms with van der Waals surface area (Å²) in [5, 5.41) is 14.2. The second-order valence-corrected chi connectivity index (χ2v) is 3.50. The highest BCUT2D eigenvalue weighted by Crippen LogP contribution is 2.02. The topological polar surface area (TPSA) is 78.4 Å². The summed E-state index contributed by atoms with van der Waals surface area (Å²) in [6, 6.07) is -0.239. The van der Waals surface area contributed by atoms with Gasteiger partial charge in [-0.1, -0.05) is 13.3 Å². The van der Waals surface area contributed by atoms with Crippen LogP contribution in [0.1, 0.15) is 32.6 Å². The molecule has 5 heteroatoms. The summed E-state index contributed by atoms with van der Waals surface area (Å²) < 4.78 is 0. The van der Waals surface area contributed by atoms with Crippen molar-refractivity contribution in [1.29, 1.82) is 0 Å². The molecule has 1 amide bonds. The van der Waals surface area contributed by atoms with E-state index >= 15 is 0 Å². The minimum atomic E-state index is -0.873. The van der Waals surface area contributed by atoms with Crippen LogP contribution < -0.4 is 10.6 Å². The number of hydrogen-bond acceptors (Lipinski definition) is 3.